The molecular weight excluding hydrogens is 323 g/mol. The van der Waals surface area contributed by atoms with Gasteiger partial charge in [0.15, 0.2) is 0 Å². The van der Waals surface area contributed by atoms with Crippen LogP contribution in [0.3, 0.4) is 0 Å². The number of halogens is 1. The van der Waals surface area contributed by atoms with Gasteiger partial charge in [0, 0.05) is 17.6 Å². The number of urea groups is 1. The third kappa shape index (κ3) is 3.65. The van der Waals surface area contributed by atoms with Gasteiger partial charge in [-0.3, -0.25) is 9.88 Å². The van der Waals surface area contributed by atoms with Crippen LogP contribution in [0.2, 0.25) is 0 Å². The Morgan fingerprint density at radius 2 is 1.84 bits per heavy atom. The predicted octanol–water partition coefficient (Wildman–Crippen LogP) is 3.59. The number of amides is 2. The maximum atomic E-state index is 13.0. The highest BCUT2D eigenvalue weighted by molar-refractivity contribution is 6.04. The fourth-order valence-corrected chi connectivity index (χ4v) is 2.54. The molecule has 0 bridgehead atoms. The maximum Gasteiger partial charge on any atom is 0.349 e. The van der Waals surface area contributed by atoms with Gasteiger partial charge in [0.25, 0.3) is 0 Å². The van der Waals surface area contributed by atoms with Crippen molar-refractivity contribution in [1.82, 2.24) is 9.55 Å². The molecule has 1 aromatic heterocycles. The van der Waals surface area contributed by atoms with Crippen LogP contribution in [0.4, 0.5) is 20.7 Å². The summed E-state index contributed by atoms with van der Waals surface area (Å²) in [4.78, 5) is 28.6. The molecule has 0 aliphatic heterocycles. The van der Waals surface area contributed by atoms with Crippen molar-refractivity contribution in [3.05, 3.63) is 64.8 Å². The van der Waals surface area contributed by atoms with E-state index in [2.05, 4.69) is 15.6 Å². The Morgan fingerprint density at radius 1 is 1.12 bits per heavy atom. The molecule has 0 atom stereocenters. The molecule has 0 unspecified atom stereocenters. The summed E-state index contributed by atoms with van der Waals surface area (Å²) in [6, 6.07) is 12.0. The van der Waals surface area contributed by atoms with Crippen molar-refractivity contribution in [3.63, 3.8) is 0 Å². The number of benzene rings is 2. The van der Waals surface area contributed by atoms with Crippen LogP contribution in [0.15, 0.2) is 53.3 Å². The molecule has 0 fully saturated rings. The lowest BCUT2D eigenvalue weighted by Gasteiger charge is -2.15. The largest absolute Gasteiger partial charge is 0.349 e. The number of hydrogen-bond donors (Lipinski definition) is 2. The van der Waals surface area contributed by atoms with Gasteiger partial charge in [0.2, 0.25) is 0 Å². The van der Waals surface area contributed by atoms with E-state index in [1.165, 1.54) is 28.8 Å². The molecule has 0 radical (unpaired) electrons. The van der Waals surface area contributed by atoms with Gasteiger partial charge in [-0.1, -0.05) is 19.1 Å². The monoisotopic (exact) mass is 340 g/mol. The molecule has 2 aromatic carbocycles. The third-order valence-electron chi connectivity index (χ3n) is 3.66. The molecule has 25 heavy (non-hydrogen) atoms. The number of carbonyl (C=O) groups is 1. The molecule has 128 valence electrons. The molecule has 1 heterocycles. The lowest BCUT2D eigenvalue weighted by Crippen LogP contribution is -2.29. The summed E-state index contributed by atoms with van der Waals surface area (Å²) in [5.74, 6) is -0.0000630. The second kappa shape index (κ2) is 7.12. The molecule has 0 spiro atoms. The van der Waals surface area contributed by atoms with Crippen molar-refractivity contribution in [3.8, 4) is 0 Å². The summed E-state index contributed by atoms with van der Waals surface area (Å²) in [5.41, 5.74) is 0.538. The summed E-state index contributed by atoms with van der Waals surface area (Å²) in [6.45, 7) is 2.37. The second-order valence-electron chi connectivity index (χ2n) is 5.50. The van der Waals surface area contributed by atoms with E-state index in [1.807, 2.05) is 13.0 Å². The van der Waals surface area contributed by atoms with Crippen LogP contribution in [0.1, 0.15) is 13.3 Å². The Morgan fingerprint density at radius 3 is 2.56 bits per heavy atom. The summed E-state index contributed by atoms with van der Waals surface area (Å²) in [6.07, 6.45) is 0.716. The number of carbonyl (C=O) groups excluding carboxylic acids is 1. The van der Waals surface area contributed by atoms with E-state index in [-0.39, 0.29) is 5.82 Å². The van der Waals surface area contributed by atoms with Gasteiger partial charge in [-0.05, 0) is 42.8 Å². The van der Waals surface area contributed by atoms with Gasteiger partial charge < -0.3 is 5.32 Å². The van der Waals surface area contributed by atoms with Gasteiger partial charge in [-0.25, -0.2) is 14.0 Å². The first-order valence-electron chi connectivity index (χ1n) is 7.91. The number of nitrogens with one attached hydrogen (secondary N) is 2. The zero-order valence-electron chi connectivity index (χ0n) is 13.6. The molecule has 2 amide bonds. The first-order chi connectivity index (χ1) is 12.1. The molecule has 0 aliphatic carbocycles. The van der Waals surface area contributed by atoms with Crippen molar-refractivity contribution in [2.45, 2.75) is 19.9 Å². The number of para-hydroxylation sites is 1. The van der Waals surface area contributed by atoms with E-state index in [1.54, 1.807) is 18.2 Å². The first-order valence-corrected chi connectivity index (χ1v) is 7.91. The van der Waals surface area contributed by atoms with Crippen LogP contribution in [-0.4, -0.2) is 15.6 Å². The second-order valence-corrected chi connectivity index (χ2v) is 5.50. The average Bonchev–Trinajstić information content (AvgIpc) is 2.60. The Bertz CT molecular complexity index is 967. The predicted molar refractivity (Wildman–Crippen MR) is 95.3 cm³/mol. The molecule has 0 aliphatic rings. The number of hydrogen-bond acceptors (Lipinski definition) is 3. The summed E-state index contributed by atoms with van der Waals surface area (Å²) >= 11 is 0. The lowest BCUT2D eigenvalue weighted by atomic mass is 10.2. The van der Waals surface area contributed by atoms with E-state index in [9.17, 15) is 14.0 Å². The van der Waals surface area contributed by atoms with Crippen molar-refractivity contribution in [2.75, 3.05) is 10.6 Å². The Hall–Kier alpha value is -3.22. The molecule has 2 N–H and O–H groups in total. The quantitative estimate of drug-likeness (QED) is 0.762. The Balaban J connectivity index is 1.96. The van der Waals surface area contributed by atoms with Crippen LogP contribution in [0.25, 0.3) is 10.9 Å². The van der Waals surface area contributed by atoms with Gasteiger partial charge in [0.05, 0.1) is 5.52 Å². The van der Waals surface area contributed by atoms with E-state index in [4.69, 9.17) is 0 Å². The zero-order valence-corrected chi connectivity index (χ0v) is 13.6. The van der Waals surface area contributed by atoms with Crippen molar-refractivity contribution in [1.29, 1.82) is 0 Å². The van der Waals surface area contributed by atoms with Gasteiger partial charge in [0.1, 0.15) is 11.6 Å². The van der Waals surface area contributed by atoms with E-state index >= 15 is 0 Å². The number of nitrogens with zero attached hydrogens (tertiary/aromatic N) is 2. The van der Waals surface area contributed by atoms with Crippen LogP contribution in [0.5, 0.6) is 0 Å². The minimum atomic E-state index is -0.521. The zero-order chi connectivity index (χ0) is 17.8. The number of fused-ring (bicyclic) bond motifs is 1. The van der Waals surface area contributed by atoms with E-state index < -0.39 is 11.7 Å². The van der Waals surface area contributed by atoms with Crippen LogP contribution >= 0.6 is 0 Å². The summed E-state index contributed by atoms with van der Waals surface area (Å²) in [5, 5.41) is 6.01. The van der Waals surface area contributed by atoms with Crippen molar-refractivity contribution >= 4 is 28.4 Å². The summed E-state index contributed by atoms with van der Waals surface area (Å²) < 4.78 is 14.4. The van der Waals surface area contributed by atoms with Crippen LogP contribution < -0.4 is 16.3 Å². The highest BCUT2D eigenvalue weighted by Crippen LogP contribution is 2.20. The van der Waals surface area contributed by atoms with Crippen molar-refractivity contribution < 1.29 is 9.18 Å². The highest BCUT2D eigenvalue weighted by atomic mass is 19.1. The van der Waals surface area contributed by atoms with Crippen LogP contribution in [-0.2, 0) is 6.54 Å². The standard InChI is InChI=1S/C18H17FN4O2/c1-2-11-23-16(14-5-3-4-6-15(14)21-18(23)25)22-17(24)20-13-9-7-12(19)8-10-13/h3-10H,2,11H2,1H3,(H2,20,22,24). The molecule has 3 aromatic rings. The number of anilines is 2. The lowest BCUT2D eigenvalue weighted by molar-refractivity contribution is 0.262. The van der Waals surface area contributed by atoms with Gasteiger partial charge >= 0.3 is 11.7 Å². The molecule has 0 saturated carbocycles. The number of rotatable bonds is 4. The van der Waals surface area contributed by atoms with E-state index in [0.717, 1.165) is 0 Å². The van der Waals surface area contributed by atoms with Gasteiger partial charge in [-0.15, -0.1) is 0 Å². The van der Waals surface area contributed by atoms with Gasteiger partial charge in [-0.2, -0.15) is 4.98 Å². The maximum absolute atomic E-state index is 13.0. The normalized spacial score (nSPS) is 10.6. The highest BCUT2D eigenvalue weighted by Gasteiger charge is 2.13. The number of aromatic nitrogens is 2. The topological polar surface area (TPSA) is 76.0 Å². The molecule has 3 rings (SSSR count). The van der Waals surface area contributed by atoms with Crippen LogP contribution in [0, 0.1) is 5.82 Å². The fraction of sp³-hybridized carbons (Fsp3) is 0.167. The Kier molecular flexibility index (Phi) is 4.74. The minimum absolute atomic E-state index is 0.386. The molecule has 0 saturated heterocycles. The minimum Gasteiger partial charge on any atom is -0.308 e. The van der Waals surface area contributed by atoms with Crippen molar-refractivity contribution in [2.24, 2.45) is 0 Å². The first kappa shape index (κ1) is 16.6. The average molecular weight is 340 g/mol. The third-order valence-corrected chi connectivity index (χ3v) is 3.66. The molecule has 7 heteroatoms. The smallest absolute Gasteiger partial charge is 0.308 e. The fourth-order valence-electron chi connectivity index (χ4n) is 2.54. The van der Waals surface area contributed by atoms with E-state index in [0.29, 0.717) is 35.4 Å². The Labute approximate surface area is 143 Å². The molecule has 6 nitrogen and oxygen atoms in total. The molecular formula is C18H17FN4O2. The SMILES string of the molecule is CCCn1c(NC(=O)Nc2ccc(F)cc2)c2ccccc2nc1=O. The summed E-state index contributed by atoms with van der Waals surface area (Å²) in [7, 11) is 0.